The lowest BCUT2D eigenvalue weighted by Crippen LogP contribution is -2.03. The van der Waals surface area contributed by atoms with Crippen LogP contribution in [0.4, 0.5) is 0 Å². The molecule has 1 N–H and O–H groups in total. The van der Waals surface area contributed by atoms with E-state index in [0.717, 1.165) is 50.6 Å². The van der Waals surface area contributed by atoms with Crippen molar-refractivity contribution in [3.8, 4) is 5.75 Å². The molecule has 0 aliphatic rings. The van der Waals surface area contributed by atoms with Gasteiger partial charge >= 0.3 is 0 Å². The molecule has 0 bridgehead atoms. The van der Waals surface area contributed by atoms with E-state index in [2.05, 4.69) is 15.3 Å². The SMILES string of the molecule is CCn1nnc2c(C)c(C(O)c3nc(COCc4ccc(OC)cc4)c(C)s3)ccc21. The number of hydrogen-bond donors (Lipinski definition) is 1. The lowest BCUT2D eigenvalue weighted by atomic mass is 10.0. The van der Waals surface area contributed by atoms with E-state index in [1.54, 1.807) is 7.11 Å². The van der Waals surface area contributed by atoms with Gasteiger partial charge in [0.2, 0.25) is 0 Å². The fourth-order valence-electron chi connectivity index (χ4n) is 3.53. The Morgan fingerprint density at radius 3 is 2.58 bits per heavy atom. The van der Waals surface area contributed by atoms with E-state index < -0.39 is 6.10 Å². The summed E-state index contributed by atoms with van der Waals surface area (Å²) < 4.78 is 12.9. The molecule has 0 spiro atoms. The van der Waals surface area contributed by atoms with Crippen molar-refractivity contribution < 1.29 is 14.6 Å². The van der Waals surface area contributed by atoms with Crippen molar-refractivity contribution in [1.29, 1.82) is 0 Å². The lowest BCUT2D eigenvalue weighted by molar-refractivity contribution is 0.104. The molecule has 1 atom stereocenters. The fourth-order valence-corrected chi connectivity index (χ4v) is 4.46. The Bertz CT molecular complexity index is 1180. The zero-order valence-electron chi connectivity index (χ0n) is 18.1. The highest BCUT2D eigenvalue weighted by Gasteiger charge is 2.21. The number of aliphatic hydroxyl groups is 1. The number of benzene rings is 2. The molecule has 0 radical (unpaired) electrons. The molecule has 4 rings (SSSR count). The van der Waals surface area contributed by atoms with Gasteiger partial charge in [0, 0.05) is 11.4 Å². The number of fused-ring (bicyclic) bond motifs is 1. The largest absolute Gasteiger partial charge is 0.497 e. The van der Waals surface area contributed by atoms with Crippen molar-refractivity contribution in [2.75, 3.05) is 7.11 Å². The third kappa shape index (κ3) is 4.32. The Morgan fingerprint density at radius 2 is 1.87 bits per heavy atom. The molecule has 4 aromatic rings. The van der Waals surface area contributed by atoms with Crippen LogP contribution < -0.4 is 4.74 Å². The molecule has 1 unspecified atom stereocenters. The van der Waals surface area contributed by atoms with Crippen molar-refractivity contribution >= 4 is 22.4 Å². The second-order valence-corrected chi connectivity index (χ2v) is 8.59. The first-order valence-electron chi connectivity index (χ1n) is 10.2. The van der Waals surface area contributed by atoms with Gasteiger partial charge in [-0.3, -0.25) is 0 Å². The van der Waals surface area contributed by atoms with Gasteiger partial charge in [0.05, 0.1) is 31.5 Å². The summed E-state index contributed by atoms with van der Waals surface area (Å²) in [5, 5.41) is 20.2. The summed E-state index contributed by atoms with van der Waals surface area (Å²) in [5.41, 5.74) is 5.43. The van der Waals surface area contributed by atoms with Crippen LogP contribution in [0.3, 0.4) is 0 Å². The molecule has 162 valence electrons. The van der Waals surface area contributed by atoms with E-state index in [1.807, 2.05) is 61.9 Å². The highest BCUT2D eigenvalue weighted by Crippen LogP contribution is 2.32. The standard InChI is InChI=1S/C23H26N4O3S/c1-5-27-20-11-10-18(14(2)21(20)25-26-27)22(28)23-24-19(15(3)31-23)13-30-12-16-6-8-17(29-4)9-7-16/h6-11,22,28H,5,12-13H2,1-4H3. The maximum Gasteiger partial charge on any atom is 0.131 e. The van der Waals surface area contributed by atoms with E-state index in [4.69, 9.17) is 9.47 Å². The van der Waals surface area contributed by atoms with Crippen LogP contribution >= 0.6 is 11.3 Å². The predicted octanol–water partition coefficient (Wildman–Crippen LogP) is 4.33. The van der Waals surface area contributed by atoms with Gasteiger partial charge in [-0.25, -0.2) is 9.67 Å². The number of methoxy groups -OCH3 is 1. The van der Waals surface area contributed by atoms with Crippen molar-refractivity contribution in [2.24, 2.45) is 0 Å². The fraction of sp³-hybridized carbons (Fsp3) is 0.348. The molecule has 0 aliphatic carbocycles. The topological polar surface area (TPSA) is 82.3 Å². The van der Waals surface area contributed by atoms with Gasteiger partial charge in [0.25, 0.3) is 0 Å². The zero-order valence-corrected chi connectivity index (χ0v) is 18.9. The van der Waals surface area contributed by atoms with Gasteiger partial charge in [-0.05, 0) is 55.7 Å². The molecule has 31 heavy (non-hydrogen) atoms. The molecule has 2 aromatic heterocycles. The van der Waals surface area contributed by atoms with E-state index in [0.29, 0.717) is 18.2 Å². The summed E-state index contributed by atoms with van der Waals surface area (Å²) >= 11 is 1.49. The van der Waals surface area contributed by atoms with Crippen LogP contribution in [0.25, 0.3) is 11.0 Å². The maximum absolute atomic E-state index is 11.0. The Hall–Kier alpha value is -2.81. The summed E-state index contributed by atoms with van der Waals surface area (Å²) in [4.78, 5) is 5.71. The summed E-state index contributed by atoms with van der Waals surface area (Å²) in [5.74, 6) is 0.823. The van der Waals surface area contributed by atoms with E-state index in [-0.39, 0.29) is 0 Å². The molecule has 0 amide bonds. The summed E-state index contributed by atoms with van der Waals surface area (Å²) in [6, 6.07) is 11.7. The lowest BCUT2D eigenvalue weighted by Gasteiger charge is -2.11. The van der Waals surface area contributed by atoms with Crippen LogP contribution in [0.2, 0.25) is 0 Å². The van der Waals surface area contributed by atoms with Crippen LogP contribution in [-0.2, 0) is 24.5 Å². The molecule has 8 heteroatoms. The van der Waals surface area contributed by atoms with Gasteiger partial charge in [0.15, 0.2) is 0 Å². The Labute approximate surface area is 185 Å². The third-order valence-corrected chi connectivity index (χ3v) is 6.45. The first-order chi connectivity index (χ1) is 15.0. The molecule has 2 heterocycles. The number of rotatable bonds is 8. The van der Waals surface area contributed by atoms with Crippen LogP contribution in [-0.4, -0.2) is 32.2 Å². The van der Waals surface area contributed by atoms with E-state index in [1.165, 1.54) is 11.3 Å². The number of aliphatic hydroxyl groups excluding tert-OH is 1. The minimum absolute atomic E-state index is 0.393. The van der Waals surface area contributed by atoms with E-state index >= 15 is 0 Å². The van der Waals surface area contributed by atoms with Crippen molar-refractivity contribution in [2.45, 2.75) is 46.6 Å². The number of hydrogen-bond acceptors (Lipinski definition) is 7. The number of aromatic nitrogens is 4. The molecule has 2 aromatic carbocycles. The smallest absolute Gasteiger partial charge is 0.131 e. The molecule has 0 fully saturated rings. The van der Waals surface area contributed by atoms with Crippen LogP contribution in [0.1, 0.15) is 45.3 Å². The number of thiazole rings is 1. The minimum Gasteiger partial charge on any atom is -0.497 e. The van der Waals surface area contributed by atoms with Crippen molar-refractivity contribution in [1.82, 2.24) is 20.0 Å². The van der Waals surface area contributed by atoms with Crippen LogP contribution in [0.5, 0.6) is 5.75 Å². The highest BCUT2D eigenvalue weighted by atomic mass is 32.1. The Kier molecular flexibility index (Phi) is 6.31. The quantitative estimate of drug-likeness (QED) is 0.441. The number of ether oxygens (including phenoxy) is 2. The predicted molar refractivity (Wildman–Crippen MR) is 120 cm³/mol. The molecule has 0 saturated carbocycles. The Morgan fingerprint density at radius 1 is 1.10 bits per heavy atom. The Balaban J connectivity index is 1.47. The first kappa shape index (κ1) is 21.4. The van der Waals surface area contributed by atoms with Gasteiger partial charge < -0.3 is 14.6 Å². The summed E-state index contributed by atoms with van der Waals surface area (Å²) in [6.45, 7) is 7.63. The third-order valence-electron chi connectivity index (χ3n) is 5.39. The van der Waals surface area contributed by atoms with Crippen molar-refractivity contribution in [3.63, 3.8) is 0 Å². The first-order valence-corrected chi connectivity index (χ1v) is 11.0. The minimum atomic E-state index is -0.810. The highest BCUT2D eigenvalue weighted by molar-refractivity contribution is 7.11. The molecule has 0 saturated heterocycles. The summed E-state index contributed by atoms with van der Waals surface area (Å²) in [6.07, 6.45) is -0.810. The average molecular weight is 439 g/mol. The monoisotopic (exact) mass is 438 g/mol. The van der Waals surface area contributed by atoms with Gasteiger partial charge in [-0.2, -0.15) is 0 Å². The molecule has 0 aliphatic heterocycles. The number of nitrogens with zero attached hydrogens (tertiary/aromatic N) is 4. The zero-order chi connectivity index (χ0) is 22.0. The van der Waals surface area contributed by atoms with Gasteiger partial charge in [-0.15, -0.1) is 16.4 Å². The second-order valence-electron chi connectivity index (χ2n) is 7.35. The summed E-state index contributed by atoms with van der Waals surface area (Å²) in [7, 11) is 1.65. The number of aryl methyl sites for hydroxylation is 3. The molecular formula is C23H26N4O3S. The van der Waals surface area contributed by atoms with Gasteiger partial charge in [0.1, 0.15) is 22.4 Å². The normalized spacial score (nSPS) is 12.4. The van der Waals surface area contributed by atoms with Crippen LogP contribution in [0.15, 0.2) is 36.4 Å². The average Bonchev–Trinajstić information content (AvgIpc) is 3.38. The second kappa shape index (κ2) is 9.13. The van der Waals surface area contributed by atoms with E-state index in [9.17, 15) is 5.11 Å². The van der Waals surface area contributed by atoms with Crippen molar-refractivity contribution in [3.05, 3.63) is 68.7 Å². The molecular weight excluding hydrogens is 412 g/mol. The van der Waals surface area contributed by atoms with Gasteiger partial charge in [-0.1, -0.05) is 23.4 Å². The maximum atomic E-state index is 11.0. The molecule has 7 nitrogen and oxygen atoms in total. The van der Waals surface area contributed by atoms with Crippen LogP contribution in [0, 0.1) is 13.8 Å².